The molecular formula is C13H16N2O2S. The fourth-order valence-electron chi connectivity index (χ4n) is 1.58. The van der Waals surface area contributed by atoms with Crippen LogP contribution in [0.25, 0.3) is 11.5 Å². The summed E-state index contributed by atoms with van der Waals surface area (Å²) in [6.45, 7) is 3.98. The first-order valence-corrected chi connectivity index (χ1v) is 7.07. The van der Waals surface area contributed by atoms with Crippen LogP contribution in [0.2, 0.25) is 0 Å². The lowest BCUT2D eigenvalue weighted by molar-refractivity contribution is 0.424. The van der Waals surface area contributed by atoms with Gasteiger partial charge in [0.15, 0.2) is 5.82 Å². The SMILES string of the molecule is CCCSCc1noc(-c2cccc(O)c2C)n1. The van der Waals surface area contributed by atoms with Crippen molar-refractivity contribution < 1.29 is 9.63 Å². The predicted octanol–water partition coefficient (Wildman–Crippen LogP) is 3.39. The van der Waals surface area contributed by atoms with Crippen molar-refractivity contribution in [3.8, 4) is 17.2 Å². The molecule has 4 nitrogen and oxygen atoms in total. The lowest BCUT2D eigenvalue weighted by Gasteiger charge is -2.01. The Balaban J connectivity index is 2.16. The Bertz CT molecular complexity index is 525. The minimum absolute atomic E-state index is 0.243. The Morgan fingerprint density at radius 2 is 2.22 bits per heavy atom. The maximum absolute atomic E-state index is 9.65. The van der Waals surface area contributed by atoms with Crippen molar-refractivity contribution in [2.75, 3.05) is 5.75 Å². The molecule has 0 bridgehead atoms. The lowest BCUT2D eigenvalue weighted by atomic mass is 10.1. The topological polar surface area (TPSA) is 59.2 Å². The fourth-order valence-corrected chi connectivity index (χ4v) is 2.32. The van der Waals surface area contributed by atoms with Crippen LogP contribution >= 0.6 is 11.8 Å². The van der Waals surface area contributed by atoms with E-state index < -0.39 is 0 Å². The Morgan fingerprint density at radius 3 is 3.00 bits per heavy atom. The van der Waals surface area contributed by atoms with Crippen LogP contribution in [0.1, 0.15) is 24.7 Å². The van der Waals surface area contributed by atoms with E-state index >= 15 is 0 Å². The summed E-state index contributed by atoms with van der Waals surface area (Å²) in [7, 11) is 0. The van der Waals surface area contributed by atoms with Gasteiger partial charge in [0.1, 0.15) is 5.75 Å². The van der Waals surface area contributed by atoms with Crippen molar-refractivity contribution in [1.82, 2.24) is 10.1 Å². The van der Waals surface area contributed by atoms with Crippen molar-refractivity contribution in [1.29, 1.82) is 0 Å². The normalized spacial score (nSPS) is 10.8. The molecule has 2 rings (SSSR count). The average Bonchev–Trinajstić information content (AvgIpc) is 2.82. The number of phenols is 1. The summed E-state index contributed by atoms with van der Waals surface area (Å²) in [6.07, 6.45) is 1.14. The third kappa shape index (κ3) is 2.85. The van der Waals surface area contributed by atoms with E-state index in [2.05, 4.69) is 17.1 Å². The highest BCUT2D eigenvalue weighted by Gasteiger charge is 2.12. The van der Waals surface area contributed by atoms with Gasteiger partial charge >= 0.3 is 0 Å². The van der Waals surface area contributed by atoms with Crippen molar-refractivity contribution in [2.45, 2.75) is 26.0 Å². The minimum Gasteiger partial charge on any atom is -0.508 e. The van der Waals surface area contributed by atoms with Gasteiger partial charge in [-0.25, -0.2) is 0 Å². The standard InChI is InChI=1S/C13H16N2O2S/c1-3-7-18-8-12-14-13(17-15-12)10-5-4-6-11(16)9(10)2/h4-6,16H,3,7-8H2,1-2H3. The summed E-state index contributed by atoms with van der Waals surface area (Å²) in [5.41, 5.74) is 1.54. The van der Waals surface area contributed by atoms with Crippen LogP contribution in [0.4, 0.5) is 0 Å². The van der Waals surface area contributed by atoms with E-state index in [0.29, 0.717) is 11.7 Å². The molecule has 0 unspecified atom stereocenters. The van der Waals surface area contributed by atoms with Gasteiger partial charge in [0.25, 0.3) is 5.89 Å². The zero-order chi connectivity index (χ0) is 13.0. The molecule has 0 amide bonds. The minimum atomic E-state index is 0.243. The quantitative estimate of drug-likeness (QED) is 0.839. The van der Waals surface area contributed by atoms with E-state index in [1.807, 2.05) is 13.0 Å². The number of nitrogens with zero attached hydrogens (tertiary/aromatic N) is 2. The Labute approximate surface area is 110 Å². The Hall–Kier alpha value is -1.49. The molecular weight excluding hydrogens is 248 g/mol. The van der Waals surface area contributed by atoms with Gasteiger partial charge in [-0.3, -0.25) is 0 Å². The molecule has 0 spiro atoms. The number of aromatic nitrogens is 2. The molecule has 0 atom stereocenters. The number of hydrogen-bond donors (Lipinski definition) is 1. The van der Waals surface area contributed by atoms with Gasteiger partial charge in [-0.2, -0.15) is 16.7 Å². The third-order valence-corrected chi connectivity index (χ3v) is 3.74. The number of thioether (sulfide) groups is 1. The van der Waals surface area contributed by atoms with E-state index in [0.717, 1.165) is 29.1 Å². The smallest absolute Gasteiger partial charge is 0.258 e. The molecule has 0 saturated carbocycles. The van der Waals surface area contributed by atoms with Gasteiger partial charge in [0, 0.05) is 11.1 Å². The highest BCUT2D eigenvalue weighted by atomic mass is 32.2. The van der Waals surface area contributed by atoms with Crippen molar-refractivity contribution in [3.63, 3.8) is 0 Å². The highest BCUT2D eigenvalue weighted by molar-refractivity contribution is 7.98. The van der Waals surface area contributed by atoms with Gasteiger partial charge in [0.2, 0.25) is 0 Å². The summed E-state index contributed by atoms with van der Waals surface area (Å²) in [4.78, 5) is 4.34. The van der Waals surface area contributed by atoms with E-state index in [1.54, 1.807) is 23.9 Å². The highest BCUT2D eigenvalue weighted by Crippen LogP contribution is 2.28. The van der Waals surface area contributed by atoms with E-state index in [9.17, 15) is 5.11 Å². The number of phenolic OH excluding ortho intramolecular Hbond substituents is 1. The number of hydrogen-bond acceptors (Lipinski definition) is 5. The van der Waals surface area contributed by atoms with E-state index in [1.165, 1.54) is 0 Å². The summed E-state index contributed by atoms with van der Waals surface area (Å²) >= 11 is 1.79. The molecule has 1 heterocycles. The number of aromatic hydroxyl groups is 1. The first-order chi connectivity index (χ1) is 8.72. The van der Waals surface area contributed by atoms with Crippen LogP contribution in [-0.2, 0) is 5.75 Å². The largest absolute Gasteiger partial charge is 0.508 e. The molecule has 0 aliphatic heterocycles. The Kier molecular flexibility index (Phi) is 4.25. The van der Waals surface area contributed by atoms with Crippen molar-refractivity contribution in [2.24, 2.45) is 0 Å². The third-order valence-electron chi connectivity index (χ3n) is 2.58. The molecule has 0 aliphatic rings. The van der Waals surface area contributed by atoms with Crippen LogP contribution in [0.15, 0.2) is 22.7 Å². The molecule has 0 aliphatic carbocycles. The van der Waals surface area contributed by atoms with Crippen LogP contribution in [-0.4, -0.2) is 21.0 Å². The number of rotatable bonds is 5. The van der Waals surface area contributed by atoms with Gasteiger partial charge in [-0.05, 0) is 31.2 Å². The second kappa shape index (κ2) is 5.91. The first kappa shape index (κ1) is 13.0. The summed E-state index contributed by atoms with van der Waals surface area (Å²) in [5, 5.41) is 13.6. The van der Waals surface area contributed by atoms with E-state index in [-0.39, 0.29) is 5.75 Å². The summed E-state index contributed by atoms with van der Waals surface area (Å²) in [6, 6.07) is 5.28. The van der Waals surface area contributed by atoms with E-state index in [4.69, 9.17) is 4.52 Å². The monoisotopic (exact) mass is 264 g/mol. The Morgan fingerprint density at radius 1 is 1.39 bits per heavy atom. The van der Waals surface area contributed by atoms with Crippen LogP contribution in [0, 0.1) is 6.92 Å². The predicted molar refractivity (Wildman–Crippen MR) is 72.6 cm³/mol. The maximum Gasteiger partial charge on any atom is 0.258 e. The molecule has 0 saturated heterocycles. The molecule has 0 fully saturated rings. The molecule has 96 valence electrons. The van der Waals surface area contributed by atoms with Crippen molar-refractivity contribution in [3.05, 3.63) is 29.6 Å². The molecule has 0 radical (unpaired) electrons. The fraction of sp³-hybridized carbons (Fsp3) is 0.385. The molecule has 18 heavy (non-hydrogen) atoms. The molecule has 5 heteroatoms. The van der Waals surface area contributed by atoms with Gasteiger partial charge in [-0.15, -0.1) is 0 Å². The van der Waals surface area contributed by atoms with Crippen molar-refractivity contribution >= 4 is 11.8 Å². The summed E-state index contributed by atoms with van der Waals surface area (Å²) < 4.78 is 5.23. The second-order valence-corrected chi connectivity index (χ2v) is 5.12. The first-order valence-electron chi connectivity index (χ1n) is 5.91. The molecule has 1 aromatic carbocycles. The van der Waals surface area contributed by atoms with Crippen LogP contribution < -0.4 is 0 Å². The molecule has 2 aromatic rings. The molecule has 1 aromatic heterocycles. The van der Waals surface area contributed by atoms with Gasteiger partial charge in [-0.1, -0.05) is 18.1 Å². The second-order valence-electron chi connectivity index (χ2n) is 4.02. The zero-order valence-electron chi connectivity index (χ0n) is 10.5. The molecule has 1 N–H and O–H groups in total. The maximum atomic E-state index is 9.65. The van der Waals surface area contributed by atoms with Crippen LogP contribution in [0.5, 0.6) is 5.75 Å². The van der Waals surface area contributed by atoms with Crippen LogP contribution in [0.3, 0.4) is 0 Å². The number of benzene rings is 1. The van der Waals surface area contributed by atoms with Gasteiger partial charge in [0.05, 0.1) is 5.75 Å². The van der Waals surface area contributed by atoms with Gasteiger partial charge < -0.3 is 9.63 Å². The lowest BCUT2D eigenvalue weighted by Crippen LogP contribution is -1.87. The summed E-state index contributed by atoms with van der Waals surface area (Å²) in [5.74, 6) is 3.26. The average molecular weight is 264 g/mol. The zero-order valence-corrected chi connectivity index (χ0v) is 11.3.